The van der Waals surface area contributed by atoms with Crippen LogP contribution in [0.25, 0.3) is 10.2 Å². The summed E-state index contributed by atoms with van der Waals surface area (Å²) in [6.07, 6.45) is 3.52. The van der Waals surface area contributed by atoms with Gasteiger partial charge in [-0.25, -0.2) is 4.98 Å². The summed E-state index contributed by atoms with van der Waals surface area (Å²) in [6, 6.07) is 15.8. The maximum atomic E-state index is 13.3. The zero-order valence-corrected chi connectivity index (χ0v) is 19.3. The highest BCUT2D eigenvalue weighted by atomic mass is 32.2. The molecule has 0 saturated carbocycles. The minimum absolute atomic E-state index is 0.0113. The summed E-state index contributed by atoms with van der Waals surface area (Å²) in [5, 5.41) is 0.712. The van der Waals surface area contributed by atoms with Crippen molar-refractivity contribution >= 4 is 44.4 Å². The van der Waals surface area contributed by atoms with E-state index in [1.54, 1.807) is 35.7 Å². The van der Waals surface area contributed by atoms with E-state index >= 15 is 0 Å². The fourth-order valence-electron chi connectivity index (χ4n) is 3.11. The molecule has 158 valence electrons. The van der Waals surface area contributed by atoms with Crippen molar-refractivity contribution in [2.24, 2.45) is 0 Å². The second kappa shape index (κ2) is 9.49. The predicted molar refractivity (Wildman–Crippen MR) is 128 cm³/mol. The Kier molecular flexibility index (Phi) is 6.53. The molecule has 4 aromatic rings. The lowest BCUT2D eigenvalue weighted by Crippen LogP contribution is -2.31. The number of pyridine rings is 1. The summed E-state index contributed by atoms with van der Waals surface area (Å²) < 4.78 is 6.29. The Morgan fingerprint density at radius 1 is 1.13 bits per heavy atom. The molecule has 0 fully saturated rings. The number of carbonyl (C=O) groups is 1. The van der Waals surface area contributed by atoms with E-state index in [0.29, 0.717) is 17.4 Å². The lowest BCUT2D eigenvalue weighted by Gasteiger charge is -2.19. The fourth-order valence-corrected chi connectivity index (χ4v) is 4.95. The first-order valence-corrected chi connectivity index (χ1v) is 11.7. The van der Waals surface area contributed by atoms with Gasteiger partial charge in [-0.3, -0.25) is 14.7 Å². The standard InChI is InChI=1S/C24H23N3O2S2/c1-16-11-21-22(12-17(16)2)31-24(26-21)27(14-18-5-4-10-25-13-18)23(28)15-30-20-8-6-19(29-3)7-9-20/h4-13H,14-15H2,1-3H3. The number of hydrogen-bond donors (Lipinski definition) is 0. The first kappa shape index (κ1) is 21.3. The smallest absolute Gasteiger partial charge is 0.239 e. The summed E-state index contributed by atoms with van der Waals surface area (Å²) in [6.45, 7) is 4.61. The number of aryl methyl sites for hydroxylation is 2. The quantitative estimate of drug-likeness (QED) is 0.342. The summed E-state index contributed by atoms with van der Waals surface area (Å²) >= 11 is 3.06. The van der Waals surface area contributed by atoms with Gasteiger partial charge in [-0.05, 0) is 73.0 Å². The van der Waals surface area contributed by atoms with Gasteiger partial charge in [-0.2, -0.15) is 0 Å². The van der Waals surface area contributed by atoms with Gasteiger partial charge < -0.3 is 4.74 Å². The van der Waals surface area contributed by atoms with Crippen LogP contribution in [0.4, 0.5) is 5.13 Å². The zero-order chi connectivity index (χ0) is 21.8. The largest absolute Gasteiger partial charge is 0.497 e. The Balaban J connectivity index is 1.59. The SMILES string of the molecule is COc1ccc(SCC(=O)N(Cc2cccnc2)c2nc3cc(C)c(C)cc3s2)cc1. The molecule has 7 heteroatoms. The van der Waals surface area contributed by atoms with Crippen molar-refractivity contribution in [1.82, 2.24) is 9.97 Å². The van der Waals surface area contributed by atoms with Crippen molar-refractivity contribution in [3.8, 4) is 5.75 Å². The average molecular weight is 450 g/mol. The van der Waals surface area contributed by atoms with Crippen LogP contribution in [0.3, 0.4) is 0 Å². The van der Waals surface area contributed by atoms with Gasteiger partial charge in [-0.15, -0.1) is 11.8 Å². The van der Waals surface area contributed by atoms with Gasteiger partial charge >= 0.3 is 0 Å². The topological polar surface area (TPSA) is 55.3 Å². The van der Waals surface area contributed by atoms with Gasteiger partial charge in [0.15, 0.2) is 5.13 Å². The molecule has 2 aromatic heterocycles. The Labute approximate surface area is 190 Å². The van der Waals surface area contributed by atoms with Gasteiger partial charge in [0.2, 0.25) is 5.91 Å². The molecule has 2 heterocycles. The summed E-state index contributed by atoms with van der Waals surface area (Å²) in [7, 11) is 1.64. The number of anilines is 1. The van der Waals surface area contributed by atoms with Crippen molar-refractivity contribution in [2.45, 2.75) is 25.3 Å². The molecule has 0 atom stereocenters. The van der Waals surface area contributed by atoms with E-state index in [1.165, 1.54) is 22.9 Å². The van der Waals surface area contributed by atoms with E-state index in [1.807, 2.05) is 36.4 Å². The van der Waals surface area contributed by atoms with Crippen LogP contribution < -0.4 is 9.64 Å². The zero-order valence-electron chi connectivity index (χ0n) is 17.7. The van der Waals surface area contributed by atoms with Crippen LogP contribution >= 0.6 is 23.1 Å². The Morgan fingerprint density at radius 3 is 2.61 bits per heavy atom. The minimum Gasteiger partial charge on any atom is -0.497 e. The molecular formula is C24H23N3O2S2. The van der Waals surface area contributed by atoms with Crippen LogP contribution in [0.2, 0.25) is 0 Å². The first-order chi connectivity index (χ1) is 15.0. The summed E-state index contributed by atoms with van der Waals surface area (Å²) in [4.78, 5) is 25.0. The molecule has 0 aliphatic rings. The van der Waals surface area contributed by atoms with E-state index in [4.69, 9.17) is 9.72 Å². The number of hydrogen-bond acceptors (Lipinski definition) is 6. The molecule has 0 bridgehead atoms. The molecule has 2 aromatic carbocycles. The van der Waals surface area contributed by atoms with Crippen LogP contribution in [-0.4, -0.2) is 28.7 Å². The molecule has 5 nitrogen and oxygen atoms in total. The van der Waals surface area contributed by atoms with Crippen LogP contribution in [0.5, 0.6) is 5.75 Å². The maximum Gasteiger partial charge on any atom is 0.239 e. The number of methoxy groups -OCH3 is 1. The summed E-state index contributed by atoms with van der Waals surface area (Å²) in [5.41, 5.74) is 4.32. The van der Waals surface area contributed by atoms with Crippen LogP contribution in [0.1, 0.15) is 16.7 Å². The van der Waals surface area contributed by atoms with Gasteiger partial charge in [-0.1, -0.05) is 17.4 Å². The average Bonchev–Trinajstić information content (AvgIpc) is 3.19. The monoisotopic (exact) mass is 449 g/mol. The molecule has 1 amide bonds. The lowest BCUT2D eigenvalue weighted by atomic mass is 10.1. The molecule has 0 aliphatic carbocycles. The Morgan fingerprint density at radius 2 is 1.90 bits per heavy atom. The summed E-state index contributed by atoms with van der Waals surface area (Å²) in [5.74, 6) is 1.13. The van der Waals surface area contributed by atoms with Gasteiger partial charge in [0, 0.05) is 17.3 Å². The molecule has 0 spiro atoms. The fraction of sp³-hybridized carbons (Fsp3) is 0.208. The number of carbonyl (C=O) groups excluding carboxylic acids is 1. The highest BCUT2D eigenvalue weighted by Crippen LogP contribution is 2.32. The minimum atomic E-state index is 0.0113. The Hall–Kier alpha value is -2.90. The third-order valence-corrected chi connectivity index (χ3v) is 7.05. The number of amides is 1. The molecular weight excluding hydrogens is 426 g/mol. The van der Waals surface area contributed by atoms with Gasteiger partial charge in [0.05, 0.1) is 29.6 Å². The van der Waals surface area contributed by atoms with Crippen molar-refractivity contribution in [1.29, 1.82) is 0 Å². The molecule has 31 heavy (non-hydrogen) atoms. The second-order valence-electron chi connectivity index (χ2n) is 7.21. The predicted octanol–water partition coefficient (Wildman–Crippen LogP) is 5.64. The van der Waals surface area contributed by atoms with Crippen LogP contribution in [-0.2, 0) is 11.3 Å². The van der Waals surface area contributed by atoms with Gasteiger partial charge in [0.1, 0.15) is 5.75 Å². The van der Waals surface area contributed by atoms with E-state index in [9.17, 15) is 4.79 Å². The van der Waals surface area contributed by atoms with E-state index < -0.39 is 0 Å². The van der Waals surface area contributed by atoms with Crippen LogP contribution in [0.15, 0.2) is 65.8 Å². The highest BCUT2D eigenvalue weighted by molar-refractivity contribution is 8.00. The van der Waals surface area contributed by atoms with E-state index in [2.05, 4.69) is 31.0 Å². The molecule has 0 radical (unpaired) electrons. The number of thiazole rings is 1. The van der Waals surface area contributed by atoms with Crippen molar-refractivity contribution in [3.05, 3.63) is 77.6 Å². The van der Waals surface area contributed by atoms with E-state index in [-0.39, 0.29) is 5.91 Å². The van der Waals surface area contributed by atoms with Gasteiger partial charge in [0.25, 0.3) is 0 Å². The van der Waals surface area contributed by atoms with Crippen LogP contribution in [0, 0.1) is 13.8 Å². The molecule has 0 saturated heterocycles. The van der Waals surface area contributed by atoms with E-state index in [0.717, 1.165) is 26.4 Å². The normalized spacial score (nSPS) is 10.9. The molecule has 0 unspecified atom stereocenters. The number of benzene rings is 2. The number of fused-ring (bicyclic) bond motifs is 1. The number of ether oxygens (including phenoxy) is 1. The molecule has 4 rings (SSSR count). The molecule has 0 N–H and O–H groups in total. The number of rotatable bonds is 7. The van der Waals surface area contributed by atoms with Crippen molar-refractivity contribution in [2.75, 3.05) is 17.8 Å². The highest BCUT2D eigenvalue weighted by Gasteiger charge is 2.21. The lowest BCUT2D eigenvalue weighted by molar-refractivity contribution is -0.116. The first-order valence-electron chi connectivity index (χ1n) is 9.87. The van der Waals surface area contributed by atoms with Crippen molar-refractivity contribution in [3.63, 3.8) is 0 Å². The number of aromatic nitrogens is 2. The molecule has 0 aliphatic heterocycles. The number of nitrogens with zero attached hydrogens (tertiary/aromatic N) is 3. The van der Waals surface area contributed by atoms with Crippen molar-refractivity contribution < 1.29 is 9.53 Å². The Bertz CT molecular complexity index is 1150. The number of thioether (sulfide) groups is 1. The third kappa shape index (κ3) is 5.06. The third-order valence-electron chi connectivity index (χ3n) is 5.01. The maximum absolute atomic E-state index is 13.3. The second-order valence-corrected chi connectivity index (χ2v) is 9.26.